The number of fused-ring (bicyclic) bond motifs is 1. The molecule has 3 rings (SSSR count). The number of hydrogen-bond acceptors (Lipinski definition) is 6. The number of nitrogens with one attached hydrogen (secondary N) is 2. The maximum absolute atomic E-state index is 12.4. The second-order valence-corrected chi connectivity index (χ2v) is 6.68. The first-order valence-corrected chi connectivity index (χ1v) is 9.56. The second kappa shape index (κ2) is 9.77. The van der Waals surface area contributed by atoms with Crippen LogP contribution in [0.5, 0.6) is 11.5 Å². The van der Waals surface area contributed by atoms with Crippen molar-refractivity contribution in [2.75, 3.05) is 19.9 Å². The maximum atomic E-state index is 12.4. The van der Waals surface area contributed by atoms with Gasteiger partial charge in [-0.15, -0.1) is 0 Å². The summed E-state index contributed by atoms with van der Waals surface area (Å²) in [6.07, 6.45) is 7.01. The first-order chi connectivity index (χ1) is 14.0. The number of esters is 1. The highest BCUT2D eigenvalue weighted by Crippen LogP contribution is 2.32. The lowest BCUT2D eigenvalue weighted by atomic mass is 9.98. The Balaban J connectivity index is 1.62. The predicted octanol–water partition coefficient (Wildman–Crippen LogP) is 1.56. The lowest BCUT2D eigenvalue weighted by Gasteiger charge is -2.17. The fourth-order valence-electron chi connectivity index (χ4n) is 3.17. The molecule has 2 aliphatic rings. The van der Waals surface area contributed by atoms with Crippen molar-refractivity contribution in [1.29, 1.82) is 0 Å². The van der Waals surface area contributed by atoms with Crippen LogP contribution in [0.3, 0.4) is 0 Å². The molecular weight excluding hydrogens is 376 g/mol. The summed E-state index contributed by atoms with van der Waals surface area (Å²) >= 11 is 0. The van der Waals surface area contributed by atoms with Gasteiger partial charge in [-0.2, -0.15) is 0 Å². The SMILES string of the molecule is CCOC(=O)/C=C/C(CC1CCNC1=O)NC(=O)/C=C/c1ccc2c(c1)OCO2. The summed E-state index contributed by atoms with van der Waals surface area (Å²) in [6.45, 7) is 2.79. The van der Waals surface area contributed by atoms with Crippen LogP contribution in [0.2, 0.25) is 0 Å². The smallest absolute Gasteiger partial charge is 0.330 e. The first-order valence-electron chi connectivity index (χ1n) is 9.56. The monoisotopic (exact) mass is 400 g/mol. The van der Waals surface area contributed by atoms with E-state index in [1.165, 1.54) is 12.2 Å². The van der Waals surface area contributed by atoms with Gasteiger partial charge in [0.1, 0.15) is 0 Å². The van der Waals surface area contributed by atoms with Crippen molar-refractivity contribution in [3.05, 3.63) is 42.0 Å². The molecule has 2 aliphatic heterocycles. The van der Waals surface area contributed by atoms with Crippen LogP contribution in [0.4, 0.5) is 0 Å². The molecule has 0 aliphatic carbocycles. The van der Waals surface area contributed by atoms with Crippen molar-refractivity contribution in [3.8, 4) is 11.5 Å². The van der Waals surface area contributed by atoms with Crippen LogP contribution < -0.4 is 20.1 Å². The Morgan fingerprint density at radius 1 is 1.31 bits per heavy atom. The van der Waals surface area contributed by atoms with Gasteiger partial charge in [0.25, 0.3) is 0 Å². The lowest BCUT2D eigenvalue weighted by molar-refractivity contribution is -0.137. The molecule has 0 saturated carbocycles. The van der Waals surface area contributed by atoms with Crippen LogP contribution >= 0.6 is 0 Å². The summed E-state index contributed by atoms with van der Waals surface area (Å²) in [5, 5.41) is 5.61. The van der Waals surface area contributed by atoms with Crippen molar-refractivity contribution < 1.29 is 28.6 Å². The van der Waals surface area contributed by atoms with Crippen molar-refractivity contribution in [1.82, 2.24) is 10.6 Å². The molecule has 2 N–H and O–H groups in total. The summed E-state index contributed by atoms with van der Waals surface area (Å²) < 4.78 is 15.5. The van der Waals surface area contributed by atoms with E-state index >= 15 is 0 Å². The number of ether oxygens (including phenoxy) is 3. The van der Waals surface area contributed by atoms with Crippen molar-refractivity contribution in [2.24, 2.45) is 5.92 Å². The summed E-state index contributed by atoms with van der Waals surface area (Å²) in [6, 6.07) is 4.91. The van der Waals surface area contributed by atoms with Gasteiger partial charge in [-0.05, 0) is 43.5 Å². The third-order valence-corrected chi connectivity index (χ3v) is 4.60. The van der Waals surface area contributed by atoms with Gasteiger partial charge in [0, 0.05) is 30.7 Å². The Kier molecular flexibility index (Phi) is 6.89. The standard InChI is InChI=1S/C21H24N2O6/c1-2-27-20(25)8-5-16(12-15-9-10-22-21(15)26)23-19(24)7-4-14-3-6-17-18(11-14)29-13-28-17/h3-8,11,15-16H,2,9-10,12-13H2,1H3,(H,22,26)(H,23,24)/b7-4+,8-5+. The molecule has 0 spiro atoms. The van der Waals surface area contributed by atoms with E-state index in [9.17, 15) is 14.4 Å². The van der Waals surface area contributed by atoms with Gasteiger partial charge < -0.3 is 24.8 Å². The van der Waals surface area contributed by atoms with Crippen molar-refractivity contribution in [3.63, 3.8) is 0 Å². The molecule has 0 bridgehead atoms. The zero-order valence-electron chi connectivity index (χ0n) is 16.2. The molecule has 2 unspecified atom stereocenters. The van der Waals surface area contributed by atoms with E-state index < -0.39 is 12.0 Å². The minimum atomic E-state index is -0.487. The van der Waals surface area contributed by atoms with Gasteiger partial charge in [0.2, 0.25) is 18.6 Å². The number of carbonyl (C=O) groups excluding carboxylic acids is 3. The zero-order chi connectivity index (χ0) is 20.6. The van der Waals surface area contributed by atoms with Crippen LogP contribution in [0.25, 0.3) is 6.08 Å². The van der Waals surface area contributed by atoms with E-state index in [4.69, 9.17) is 14.2 Å². The first kappa shape index (κ1) is 20.4. The normalized spacial score (nSPS) is 18.8. The number of rotatable bonds is 8. The quantitative estimate of drug-likeness (QED) is 0.507. The molecule has 1 fully saturated rings. The fourth-order valence-corrected chi connectivity index (χ4v) is 3.17. The van der Waals surface area contributed by atoms with E-state index in [0.717, 1.165) is 5.56 Å². The number of benzene rings is 1. The van der Waals surface area contributed by atoms with Crippen molar-refractivity contribution >= 4 is 23.9 Å². The topological polar surface area (TPSA) is 103 Å². The Bertz CT molecular complexity index is 832. The molecule has 2 atom stereocenters. The fraction of sp³-hybridized carbons (Fsp3) is 0.381. The minimum Gasteiger partial charge on any atom is -0.463 e. The van der Waals surface area contributed by atoms with Crippen LogP contribution in [0.15, 0.2) is 36.4 Å². The summed E-state index contributed by atoms with van der Waals surface area (Å²) in [5.74, 6) is 0.244. The molecule has 8 nitrogen and oxygen atoms in total. The molecule has 2 heterocycles. The third kappa shape index (κ3) is 5.84. The van der Waals surface area contributed by atoms with Crippen LogP contribution in [-0.2, 0) is 19.1 Å². The zero-order valence-corrected chi connectivity index (χ0v) is 16.2. The molecule has 2 amide bonds. The van der Waals surface area contributed by atoms with Gasteiger partial charge in [-0.1, -0.05) is 12.1 Å². The molecule has 0 radical (unpaired) electrons. The predicted molar refractivity (Wildman–Crippen MR) is 105 cm³/mol. The molecule has 0 aromatic heterocycles. The second-order valence-electron chi connectivity index (χ2n) is 6.68. The average Bonchev–Trinajstić information content (AvgIpc) is 3.33. The summed E-state index contributed by atoms with van der Waals surface area (Å²) in [5.41, 5.74) is 0.790. The molecule has 29 heavy (non-hydrogen) atoms. The van der Waals surface area contributed by atoms with Gasteiger partial charge in [-0.25, -0.2) is 4.79 Å². The maximum Gasteiger partial charge on any atom is 0.330 e. The van der Waals surface area contributed by atoms with Gasteiger partial charge in [0.05, 0.1) is 6.61 Å². The number of carbonyl (C=O) groups is 3. The third-order valence-electron chi connectivity index (χ3n) is 4.60. The highest BCUT2D eigenvalue weighted by molar-refractivity contribution is 5.92. The molecular formula is C21H24N2O6. The Labute approximate surface area is 168 Å². The molecule has 1 aromatic rings. The highest BCUT2D eigenvalue weighted by atomic mass is 16.7. The van der Waals surface area contributed by atoms with Crippen molar-refractivity contribution in [2.45, 2.75) is 25.8 Å². The summed E-state index contributed by atoms with van der Waals surface area (Å²) in [4.78, 5) is 35.8. The van der Waals surface area contributed by atoms with E-state index in [0.29, 0.717) is 30.9 Å². The average molecular weight is 400 g/mol. The van der Waals surface area contributed by atoms with Gasteiger partial charge >= 0.3 is 5.97 Å². The summed E-state index contributed by atoms with van der Waals surface area (Å²) in [7, 11) is 0. The largest absolute Gasteiger partial charge is 0.463 e. The molecule has 154 valence electrons. The van der Waals surface area contributed by atoms with E-state index in [2.05, 4.69) is 10.6 Å². The van der Waals surface area contributed by atoms with E-state index in [1.807, 2.05) is 6.07 Å². The van der Waals surface area contributed by atoms with Crippen LogP contribution in [0.1, 0.15) is 25.3 Å². The van der Waals surface area contributed by atoms with Gasteiger partial charge in [-0.3, -0.25) is 9.59 Å². The van der Waals surface area contributed by atoms with Gasteiger partial charge in [0.15, 0.2) is 11.5 Å². The Morgan fingerprint density at radius 2 is 2.14 bits per heavy atom. The van der Waals surface area contributed by atoms with E-state index in [1.54, 1.807) is 31.2 Å². The molecule has 8 heteroatoms. The Hall–Kier alpha value is -3.29. The lowest BCUT2D eigenvalue weighted by Crippen LogP contribution is -2.35. The highest BCUT2D eigenvalue weighted by Gasteiger charge is 2.27. The molecule has 1 saturated heterocycles. The minimum absolute atomic E-state index is 0.0373. The van der Waals surface area contributed by atoms with Crippen LogP contribution in [-0.4, -0.2) is 43.8 Å². The molecule has 1 aromatic carbocycles. The Morgan fingerprint density at radius 3 is 2.90 bits per heavy atom. The number of hydrogen-bond donors (Lipinski definition) is 2. The van der Waals surface area contributed by atoms with E-state index in [-0.39, 0.29) is 31.1 Å². The van der Waals surface area contributed by atoms with Crippen LogP contribution in [0, 0.1) is 5.92 Å². The number of amides is 2.